The number of ether oxygens (including phenoxy) is 1. The van der Waals surface area contributed by atoms with Crippen molar-refractivity contribution in [3.8, 4) is 11.1 Å². The van der Waals surface area contributed by atoms with Crippen LogP contribution in [0.5, 0.6) is 0 Å². The summed E-state index contributed by atoms with van der Waals surface area (Å²) in [7, 11) is 0. The number of aryl methyl sites for hydroxylation is 5. The molecule has 9 aromatic carbocycles. The van der Waals surface area contributed by atoms with Crippen LogP contribution in [0.1, 0.15) is 76.1 Å². The molecule has 5 heteroatoms. The van der Waals surface area contributed by atoms with Gasteiger partial charge in [0, 0.05) is 56.8 Å². The van der Waals surface area contributed by atoms with E-state index in [2.05, 4.69) is 258 Å². The zero-order chi connectivity index (χ0) is 50.7. The summed E-state index contributed by atoms with van der Waals surface area (Å²) in [5.74, 6) is 0.812. The van der Waals surface area contributed by atoms with Crippen molar-refractivity contribution in [2.45, 2.75) is 66.4 Å². The summed E-state index contributed by atoms with van der Waals surface area (Å²) < 4.78 is 20.9. The number of hydrogen-bond donors (Lipinski definition) is 0. The Morgan fingerprint density at radius 2 is 0.959 bits per heavy atom. The topological polar surface area (TPSA) is 42.0 Å². The van der Waals surface area contributed by atoms with Gasteiger partial charge in [0.05, 0.1) is 28.3 Å². The summed E-state index contributed by atoms with van der Waals surface area (Å²) in [6.07, 6.45) is 5.17. The fraction of sp³-hybridized carbons (Fsp3) is 0.159. The molecule has 2 heterocycles. The first-order valence-electron chi connectivity index (χ1n) is 26.0. The van der Waals surface area contributed by atoms with Crippen LogP contribution < -0.4 is 9.80 Å². The van der Waals surface area contributed by atoms with Gasteiger partial charge in [-0.3, -0.25) is 0 Å². The minimum Gasteiger partial charge on any atom is -0.455 e. The average Bonchev–Trinajstić information content (AvgIpc) is 4.09. The van der Waals surface area contributed by atoms with E-state index in [0.717, 1.165) is 118 Å². The quantitative estimate of drug-likeness (QED) is 0.115. The van der Waals surface area contributed by atoms with E-state index in [9.17, 15) is 0 Å². The van der Waals surface area contributed by atoms with Gasteiger partial charge in [0.2, 0.25) is 0 Å². The first-order chi connectivity index (χ1) is 36.1. The molecule has 0 radical (unpaired) electrons. The van der Waals surface area contributed by atoms with Crippen molar-refractivity contribution in [2.24, 2.45) is 0 Å². The fourth-order valence-corrected chi connectivity index (χ4v) is 11.6. The number of benzene rings is 9. The van der Waals surface area contributed by atoms with E-state index in [-0.39, 0.29) is 6.10 Å². The van der Waals surface area contributed by atoms with E-state index >= 15 is 0 Å². The predicted octanol–water partition coefficient (Wildman–Crippen LogP) is 19.0. The molecule has 1 aliphatic rings. The molecule has 0 saturated carbocycles. The van der Waals surface area contributed by atoms with E-state index in [1.165, 1.54) is 22.3 Å². The minimum atomic E-state index is -0.858. The molecule has 12 rings (SSSR count). The Balaban J connectivity index is 1.29. The van der Waals surface area contributed by atoms with Crippen LogP contribution in [0.3, 0.4) is 0 Å². The van der Waals surface area contributed by atoms with Gasteiger partial charge in [0.25, 0.3) is 0 Å². The lowest BCUT2D eigenvalue weighted by molar-refractivity contribution is 0.0788. The molecule has 1 unspecified atom stereocenters. The molecule has 11 aromatic rings. The van der Waals surface area contributed by atoms with Gasteiger partial charge >= 0.3 is 0 Å². The Kier molecular flexibility index (Phi) is 11.9. The molecule has 364 valence electrons. The maximum Gasteiger partial charge on any atom is 0.159 e. The Labute approximate surface area is 434 Å². The molecular weight excluding hydrogens is 905 g/mol. The smallest absolute Gasteiger partial charge is 0.159 e. The zero-order valence-corrected chi connectivity index (χ0v) is 43.2. The Bertz CT molecular complexity index is 3740. The average molecular weight is 965 g/mol. The van der Waals surface area contributed by atoms with Gasteiger partial charge in [-0.05, 0) is 150 Å². The van der Waals surface area contributed by atoms with E-state index in [1.54, 1.807) is 0 Å². The van der Waals surface area contributed by atoms with Crippen LogP contribution in [-0.2, 0) is 10.2 Å². The molecule has 0 N–H and O–H groups in total. The lowest BCUT2D eigenvalue weighted by atomic mass is 9.67. The first-order valence-corrected chi connectivity index (χ1v) is 26.0. The lowest BCUT2D eigenvalue weighted by Gasteiger charge is -2.36. The van der Waals surface area contributed by atoms with Crippen molar-refractivity contribution in [3.63, 3.8) is 0 Å². The highest BCUT2D eigenvalue weighted by molar-refractivity contribution is 6.23. The second-order valence-electron chi connectivity index (χ2n) is 20.1. The highest BCUT2D eigenvalue weighted by Gasteiger charge is 2.50. The van der Waals surface area contributed by atoms with Crippen molar-refractivity contribution in [1.82, 2.24) is 0 Å². The van der Waals surface area contributed by atoms with Gasteiger partial charge in [0.1, 0.15) is 16.9 Å². The second kappa shape index (κ2) is 18.9. The Morgan fingerprint density at radius 1 is 0.500 bits per heavy atom. The van der Waals surface area contributed by atoms with Gasteiger partial charge < -0.3 is 23.4 Å². The molecule has 0 spiro atoms. The molecular formula is C69H60N2O3. The monoisotopic (exact) mass is 964 g/mol. The number of anilines is 6. The van der Waals surface area contributed by atoms with Crippen molar-refractivity contribution >= 4 is 73.1 Å². The Morgan fingerprint density at radius 3 is 1.47 bits per heavy atom. The van der Waals surface area contributed by atoms with Gasteiger partial charge in [-0.1, -0.05) is 156 Å². The molecule has 0 fully saturated rings. The van der Waals surface area contributed by atoms with Crippen LogP contribution in [0.2, 0.25) is 0 Å². The van der Waals surface area contributed by atoms with Gasteiger partial charge in [-0.15, -0.1) is 0 Å². The third kappa shape index (κ3) is 7.73. The third-order valence-electron chi connectivity index (χ3n) is 15.2. The molecule has 5 nitrogen and oxygen atoms in total. The molecule has 2 aromatic heterocycles. The maximum absolute atomic E-state index is 7.47. The summed E-state index contributed by atoms with van der Waals surface area (Å²) in [6.45, 7) is 15.7. The van der Waals surface area contributed by atoms with E-state index in [0.29, 0.717) is 6.61 Å². The summed E-state index contributed by atoms with van der Waals surface area (Å²) in [6, 6.07) is 71.2. The van der Waals surface area contributed by atoms with Gasteiger partial charge in [0.15, 0.2) is 5.58 Å². The molecule has 0 bridgehead atoms. The molecule has 0 amide bonds. The van der Waals surface area contributed by atoms with Crippen LogP contribution >= 0.6 is 0 Å². The van der Waals surface area contributed by atoms with Crippen LogP contribution in [0.15, 0.2) is 209 Å². The van der Waals surface area contributed by atoms with Crippen molar-refractivity contribution in [1.29, 1.82) is 0 Å². The van der Waals surface area contributed by atoms with Crippen molar-refractivity contribution in [3.05, 3.63) is 256 Å². The van der Waals surface area contributed by atoms with Crippen LogP contribution in [0.25, 0.3) is 50.1 Å². The largest absolute Gasteiger partial charge is 0.455 e. The third-order valence-corrected chi connectivity index (χ3v) is 15.2. The molecule has 0 saturated heterocycles. The molecule has 74 heavy (non-hydrogen) atoms. The highest BCUT2D eigenvalue weighted by atomic mass is 16.5. The van der Waals surface area contributed by atoms with Crippen LogP contribution in [0, 0.1) is 34.6 Å². The standard InChI is InChI=1S/C69H60N2O3/c1-8-72-48(6)18-17-25-61-49(7)63-65-57(43-60(67(63)73-61)71(54-38-30-46(4)31-39-54)55-40-32-47(5)33-41-55)69(50-19-11-9-12-20-50,51-21-13-10-14-22-51)58-42-59(64-56-23-15-16-24-62(56)74-68(64)66(58)65)70(52-34-26-44(2)27-35-52)53-36-28-45(3)29-37-53/h9-17,19-43,48H,8,18H2,1-7H3/b25-17-. The zero-order valence-electron chi connectivity index (χ0n) is 43.2. The fourth-order valence-electron chi connectivity index (χ4n) is 11.6. The SMILES string of the molecule is CCOC(C)C/C=C\c1oc2c(N(c3ccc(C)cc3)c3ccc(C)cc3)cc3c(c2c1C)-c1c(cc(N(c2ccc(C)cc2)c2ccc(C)cc2)c2c1oc1ccccc12)C3(c1ccccc1)c1ccccc1. The first kappa shape index (κ1) is 46.7. The molecule has 0 aliphatic heterocycles. The Hall–Kier alpha value is -8.38. The summed E-state index contributed by atoms with van der Waals surface area (Å²) in [4.78, 5) is 4.82. The number of para-hydroxylation sites is 1. The number of nitrogens with zero attached hydrogens (tertiary/aromatic N) is 2. The summed E-state index contributed by atoms with van der Waals surface area (Å²) in [5, 5.41) is 3.15. The predicted molar refractivity (Wildman–Crippen MR) is 309 cm³/mol. The minimum absolute atomic E-state index is 0.0681. The van der Waals surface area contributed by atoms with Crippen LogP contribution in [-0.4, -0.2) is 12.7 Å². The van der Waals surface area contributed by atoms with Crippen LogP contribution in [0.4, 0.5) is 34.1 Å². The number of hydrogen-bond acceptors (Lipinski definition) is 5. The number of fused-ring (bicyclic) bond motifs is 9. The van der Waals surface area contributed by atoms with Crippen molar-refractivity contribution < 1.29 is 13.6 Å². The second-order valence-corrected chi connectivity index (χ2v) is 20.1. The van der Waals surface area contributed by atoms with Gasteiger partial charge in [-0.2, -0.15) is 0 Å². The summed E-state index contributed by atoms with van der Waals surface area (Å²) in [5.41, 5.74) is 20.4. The van der Waals surface area contributed by atoms with E-state index < -0.39 is 5.41 Å². The van der Waals surface area contributed by atoms with E-state index in [4.69, 9.17) is 13.6 Å². The number of rotatable bonds is 13. The lowest BCUT2D eigenvalue weighted by Crippen LogP contribution is -2.29. The maximum atomic E-state index is 7.47. The highest BCUT2D eigenvalue weighted by Crippen LogP contribution is 2.64. The van der Waals surface area contributed by atoms with Gasteiger partial charge in [-0.25, -0.2) is 0 Å². The summed E-state index contributed by atoms with van der Waals surface area (Å²) >= 11 is 0. The van der Waals surface area contributed by atoms with E-state index in [1.807, 2.05) is 6.92 Å². The molecule has 1 atom stereocenters. The normalized spacial score (nSPS) is 13.2. The van der Waals surface area contributed by atoms with Crippen molar-refractivity contribution in [2.75, 3.05) is 16.4 Å². The molecule has 1 aliphatic carbocycles. The number of furan rings is 2.